The molecule has 88 valence electrons. The van der Waals surface area contributed by atoms with Crippen LogP contribution in [0.1, 0.15) is 16.1 Å². The summed E-state index contributed by atoms with van der Waals surface area (Å²) in [7, 11) is 1.58. The van der Waals surface area contributed by atoms with Gasteiger partial charge in [0.05, 0.1) is 5.69 Å². The van der Waals surface area contributed by atoms with Crippen molar-refractivity contribution < 1.29 is 4.79 Å². The number of aromatic nitrogens is 2. The third-order valence-corrected chi connectivity index (χ3v) is 2.49. The Kier molecular flexibility index (Phi) is 3.20. The summed E-state index contributed by atoms with van der Waals surface area (Å²) >= 11 is 0. The molecule has 0 aliphatic rings. The highest BCUT2D eigenvalue weighted by Gasteiger charge is 2.07. The quantitative estimate of drug-likeness (QED) is 0.814. The lowest BCUT2D eigenvalue weighted by atomic mass is 10.2. The van der Waals surface area contributed by atoms with Gasteiger partial charge in [-0.3, -0.25) is 4.79 Å². The van der Waals surface area contributed by atoms with Gasteiger partial charge in [0.25, 0.3) is 5.91 Å². The third-order valence-electron chi connectivity index (χ3n) is 2.49. The number of hydrogen-bond acceptors (Lipinski definition) is 3. The summed E-state index contributed by atoms with van der Waals surface area (Å²) in [6.45, 7) is 0.517. The summed E-state index contributed by atoms with van der Waals surface area (Å²) in [5.74, 6) is -0.192. The van der Waals surface area contributed by atoms with Crippen molar-refractivity contribution in [1.29, 1.82) is 0 Å². The van der Waals surface area contributed by atoms with Crippen LogP contribution in [0.25, 0.3) is 5.69 Å². The van der Waals surface area contributed by atoms with E-state index in [4.69, 9.17) is 5.73 Å². The zero-order valence-electron chi connectivity index (χ0n) is 9.55. The highest BCUT2D eigenvalue weighted by Crippen LogP contribution is 2.09. The van der Waals surface area contributed by atoms with Gasteiger partial charge in [0.1, 0.15) is 0 Å². The molecule has 5 heteroatoms. The zero-order chi connectivity index (χ0) is 12.3. The molecular weight excluding hydrogens is 216 g/mol. The number of hydrogen-bond donors (Lipinski definition) is 2. The molecule has 5 nitrogen and oxygen atoms in total. The van der Waals surface area contributed by atoms with Crippen LogP contribution in [0.4, 0.5) is 0 Å². The smallest absolute Gasteiger partial charge is 0.271 e. The molecule has 3 N–H and O–H groups in total. The summed E-state index contributed by atoms with van der Waals surface area (Å²) in [6.07, 6.45) is 1.75. The Morgan fingerprint density at radius 1 is 1.35 bits per heavy atom. The summed E-state index contributed by atoms with van der Waals surface area (Å²) < 4.78 is 1.66. The molecule has 0 aliphatic heterocycles. The zero-order valence-corrected chi connectivity index (χ0v) is 9.55. The summed E-state index contributed by atoms with van der Waals surface area (Å²) in [5, 5.41) is 6.71. The first-order chi connectivity index (χ1) is 8.24. The molecule has 17 heavy (non-hydrogen) atoms. The van der Waals surface area contributed by atoms with E-state index in [2.05, 4.69) is 10.4 Å². The van der Waals surface area contributed by atoms with Gasteiger partial charge in [0.15, 0.2) is 5.69 Å². The van der Waals surface area contributed by atoms with Gasteiger partial charge in [-0.15, -0.1) is 0 Å². The topological polar surface area (TPSA) is 72.9 Å². The molecular formula is C12H14N4O. The van der Waals surface area contributed by atoms with Crippen LogP contribution in [0.5, 0.6) is 0 Å². The molecule has 0 atom stereocenters. The number of nitrogens with two attached hydrogens (primary N) is 1. The molecule has 2 aromatic rings. The molecule has 0 saturated carbocycles. The van der Waals surface area contributed by atoms with Crippen LogP contribution in [0, 0.1) is 0 Å². The Hall–Kier alpha value is -2.14. The minimum Gasteiger partial charge on any atom is -0.354 e. The van der Waals surface area contributed by atoms with Crippen molar-refractivity contribution in [3.05, 3.63) is 47.8 Å². The molecule has 0 unspecified atom stereocenters. The molecule has 0 spiro atoms. The Bertz CT molecular complexity index is 516. The van der Waals surface area contributed by atoms with E-state index in [1.54, 1.807) is 24.0 Å². The first-order valence-corrected chi connectivity index (χ1v) is 5.31. The lowest BCUT2D eigenvalue weighted by molar-refractivity contribution is 0.0958. The Balaban J connectivity index is 2.27. The maximum atomic E-state index is 11.4. The van der Waals surface area contributed by atoms with Gasteiger partial charge in [-0.25, -0.2) is 4.68 Å². The second-order valence-corrected chi connectivity index (χ2v) is 3.60. The molecule has 2 rings (SSSR count). The van der Waals surface area contributed by atoms with Gasteiger partial charge in [-0.05, 0) is 23.8 Å². The maximum Gasteiger partial charge on any atom is 0.271 e. The molecule has 0 saturated heterocycles. The fourth-order valence-electron chi connectivity index (χ4n) is 1.50. The number of amides is 1. The van der Waals surface area contributed by atoms with E-state index in [9.17, 15) is 4.79 Å². The fourth-order valence-corrected chi connectivity index (χ4v) is 1.50. The Morgan fingerprint density at radius 3 is 2.65 bits per heavy atom. The molecule has 1 aromatic carbocycles. The van der Waals surface area contributed by atoms with Crippen LogP contribution in [-0.2, 0) is 6.54 Å². The normalized spacial score (nSPS) is 10.2. The van der Waals surface area contributed by atoms with E-state index >= 15 is 0 Å². The average Bonchev–Trinajstić information content (AvgIpc) is 2.87. The number of carbonyl (C=O) groups excluding carboxylic acids is 1. The molecule has 0 aliphatic carbocycles. The minimum absolute atomic E-state index is 0.192. The molecule has 1 amide bonds. The number of rotatable bonds is 3. The lowest BCUT2D eigenvalue weighted by Gasteiger charge is -2.02. The van der Waals surface area contributed by atoms with Crippen LogP contribution in [0.3, 0.4) is 0 Å². The third kappa shape index (κ3) is 2.34. The van der Waals surface area contributed by atoms with Crippen LogP contribution in [0.2, 0.25) is 0 Å². The Morgan fingerprint density at radius 2 is 2.06 bits per heavy atom. The van der Waals surface area contributed by atoms with E-state index in [-0.39, 0.29) is 5.91 Å². The van der Waals surface area contributed by atoms with Gasteiger partial charge in [0.2, 0.25) is 0 Å². The predicted molar refractivity (Wildman–Crippen MR) is 64.8 cm³/mol. The number of benzene rings is 1. The molecule has 0 fully saturated rings. The van der Waals surface area contributed by atoms with Gasteiger partial charge in [-0.1, -0.05) is 12.1 Å². The molecule has 0 bridgehead atoms. The van der Waals surface area contributed by atoms with E-state index < -0.39 is 0 Å². The Labute approximate surface area is 99.2 Å². The van der Waals surface area contributed by atoms with E-state index in [1.165, 1.54) is 0 Å². The maximum absolute atomic E-state index is 11.4. The second kappa shape index (κ2) is 4.80. The first-order valence-electron chi connectivity index (χ1n) is 5.31. The molecule has 1 aromatic heterocycles. The van der Waals surface area contributed by atoms with Crippen molar-refractivity contribution in [2.24, 2.45) is 5.73 Å². The minimum atomic E-state index is -0.192. The second-order valence-electron chi connectivity index (χ2n) is 3.60. The monoisotopic (exact) mass is 230 g/mol. The molecule has 1 heterocycles. The fraction of sp³-hybridized carbons (Fsp3) is 0.167. The van der Waals surface area contributed by atoms with Crippen LogP contribution >= 0.6 is 0 Å². The summed E-state index contributed by atoms with van der Waals surface area (Å²) in [5.41, 5.74) is 7.89. The van der Waals surface area contributed by atoms with E-state index in [0.29, 0.717) is 12.2 Å². The molecule has 0 radical (unpaired) electrons. The highest BCUT2D eigenvalue weighted by molar-refractivity contribution is 5.91. The summed E-state index contributed by atoms with van der Waals surface area (Å²) in [4.78, 5) is 11.4. The van der Waals surface area contributed by atoms with Crippen LogP contribution in [-0.4, -0.2) is 22.7 Å². The predicted octanol–water partition coefficient (Wildman–Crippen LogP) is 0.691. The average molecular weight is 230 g/mol. The van der Waals surface area contributed by atoms with E-state index in [0.717, 1.165) is 11.3 Å². The van der Waals surface area contributed by atoms with Gasteiger partial charge < -0.3 is 11.1 Å². The number of nitrogens with zero attached hydrogens (tertiary/aromatic N) is 2. The van der Waals surface area contributed by atoms with Crippen LogP contribution in [0.15, 0.2) is 36.5 Å². The SMILES string of the molecule is CNC(=O)c1ccn(-c2ccc(CN)cc2)n1. The van der Waals surface area contributed by atoms with Gasteiger partial charge in [-0.2, -0.15) is 5.10 Å². The van der Waals surface area contributed by atoms with Crippen molar-refractivity contribution in [2.75, 3.05) is 7.05 Å². The van der Waals surface area contributed by atoms with Crippen molar-refractivity contribution in [3.8, 4) is 5.69 Å². The lowest BCUT2D eigenvalue weighted by Crippen LogP contribution is -2.18. The highest BCUT2D eigenvalue weighted by atomic mass is 16.1. The number of carbonyl (C=O) groups is 1. The van der Waals surface area contributed by atoms with E-state index in [1.807, 2.05) is 24.3 Å². The standard InChI is InChI=1S/C12H14N4O/c1-14-12(17)11-6-7-16(15-11)10-4-2-9(8-13)3-5-10/h2-7H,8,13H2,1H3,(H,14,17). The van der Waals surface area contributed by atoms with Gasteiger partial charge in [0, 0.05) is 19.8 Å². The van der Waals surface area contributed by atoms with Crippen LogP contribution < -0.4 is 11.1 Å². The first kappa shape index (κ1) is 11.3. The largest absolute Gasteiger partial charge is 0.354 e. The van der Waals surface area contributed by atoms with Crippen molar-refractivity contribution in [2.45, 2.75) is 6.54 Å². The summed E-state index contributed by atoms with van der Waals surface area (Å²) in [6, 6.07) is 9.40. The van der Waals surface area contributed by atoms with Crippen molar-refractivity contribution >= 4 is 5.91 Å². The van der Waals surface area contributed by atoms with Gasteiger partial charge >= 0.3 is 0 Å². The van der Waals surface area contributed by atoms with Crippen molar-refractivity contribution in [1.82, 2.24) is 15.1 Å². The van der Waals surface area contributed by atoms with Crippen molar-refractivity contribution in [3.63, 3.8) is 0 Å². The number of nitrogens with one attached hydrogen (secondary N) is 1.